The van der Waals surface area contributed by atoms with Gasteiger partial charge in [0, 0.05) is 38.4 Å². The van der Waals surface area contributed by atoms with Crippen molar-refractivity contribution in [2.75, 3.05) is 20.1 Å². The third kappa shape index (κ3) is 6.12. The van der Waals surface area contributed by atoms with Gasteiger partial charge in [0.1, 0.15) is 17.6 Å². The molecule has 1 aliphatic heterocycles. The summed E-state index contributed by atoms with van der Waals surface area (Å²) in [6.45, 7) is 8.71. The Morgan fingerprint density at radius 1 is 1.25 bits per heavy atom. The number of aliphatic imine (C=N–C) groups is 1. The molecule has 0 radical (unpaired) electrons. The van der Waals surface area contributed by atoms with Crippen LogP contribution in [0.3, 0.4) is 0 Å². The fraction of sp³-hybridized carbons (Fsp3) is 0.524. The number of hydrogen-bond acceptors (Lipinski definition) is 4. The first-order valence-electron chi connectivity index (χ1n) is 9.58. The number of nitrogens with one attached hydrogen (secondary N) is 1. The Morgan fingerprint density at radius 2 is 1.93 bits per heavy atom. The zero-order chi connectivity index (χ0) is 19.3. The lowest BCUT2D eigenvalue weighted by atomic mass is 9.94. The van der Waals surface area contributed by atoms with Crippen LogP contribution in [0, 0.1) is 0 Å². The van der Waals surface area contributed by atoms with Crippen molar-refractivity contribution in [3.05, 3.63) is 48.2 Å². The van der Waals surface area contributed by atoms with Gasteiger partial charge in [-0.1, -0.05) is 39.0 Å². The Kier molecular flexibility index (Phi) is 8.15. The van der Waals surface area contributed by atoms with Crippen LogP contribution < -0.4 is 10.1 Å². The Labute approximate surface area is 184 Å². The van der Waals surface area contributed by atoms with E-state index in [1.54, 1.807) is 0 Å². The van der Waals surface area contributed by atoms with Crippen LogP contribution in [0.4, 0.5) is 0 Å². The summed E-state index contributed by atoms with van der Waals surface area (Å²) < 4.78 is 11.9. The first kappa shape index (κ1) is 22.5. The van der Waals surface area contributed by atoms with Gasteiger partial charge in [-0.2, -0.15) is 0 Å². The van der Waals surface area contributed by atoms with E-state index in [4.69, 9.17) is 9.15 Å². The molecule has 6 nitrogen and oxygen atoms in total. The molecule has 0 atom stereocenters. The Morgan fingerprint density at radius 3 is 2.50 bits per heavy atom. The molecule has 28 heavy (non-hydrogen) atoms. The number of benzene rings is 1. The largest absolute Gasteiger partial charge is 0.490 e. The van der Waals surface area contributed by atoms with Gasteiger partial charge in [-0.3, -0.25) is 4.99 Å². The molecule has 1 aromatic carbocycles. The molecule has 7 heteroatoms. The molecule has 0 unspecified atom stereocenters. The third-order valence-corrected chi connectivity index (χ3v) is 4.69. The van der Waals surface area contributed by atoms with Gasteiger partial charge in [0.15, 0.2) is 5.96 Å². The lowest BCUT2D eigenvalue weighted by Gasteiger charge is -2.34. The highest BCUT2D eigenvalue weighted by molar-refractivity contribution is 14.0. The van der Waals surface area contributed by atoms with Crippen molar-refractivity contribution in [3.8, 4) is 5.75 Å². The van der Waals surface area contributed by atoms with Gasteiger partial charge in [-0.15, -0.1) is 24.0 Å². The number of hydrogen-bond donors (Lipinski definition) is 1. The topological polar surface area (TPSA) is 62.9 Å². The molecule has 0 aliphatic carbocycles. The maximum absolute atomic E-state index is 6.07. The van der Waals surface area contributed by atoms with Gasteiger partial charge in [0.2, 0.25) is 5.89 Å². The van der Waals surface area contributed by atoms with Crippen molar-refractivity contribution in [1.29, 1.82) is 0 Å². The fourth-order valence-corrected chi connectivity index (χ4v) is 3.10. The number of halogens is 1. The number of likely N-dealkylation sites (tertiary alicyclic amines) is 1. The van der Waals surface area contributed by atoms with Gasteiger partial charge < -0.3 is 19.4 Å². The van der Waals surface area contributed by atoms with Crippen molar-refractivity contribution in [2.24, 2.45) is 4.99 Å². The second kappa shape index (κ2) is 10.1. The minimum absolute atomic E-state index is 0. The Bertz CT molecular complexity index is 747. The molecule has 0 bridgehead atoms. The molecule has 0 saturated carbocycles. The number of guanidine groups is 1. The van der Waals surface area contributed by atoms with Crippen LogP contribution in [0.25, 0.3) is 0 Å². The number of nitrogens with zero attached hydrogens (tertiary/aromatic N) is 3. The van der Waals surface area contributed by atoms with Crippen LogP contribution in [0.1, 0.15) is 45.3 Å². The summed E-state index contributed by atoms with van der Waals surface area (Å²) in [6, 6.07) is 10.0. The molecule has 0 amide bonds. The molecule has 1 aliphatic rings. The lowest BCUT2D eigenvalue weighted by Crippen LogP contribution is -2.47. The van der Waals surface area contributed by atoms with E-state index in [1.165, 1.54) is 0 Å². The van der Waals surface area contributed by atoms with Gasteiger partial charge in [-0.05, 0) is 12.1 Å². The SMILES string of the molecule is CN=C(NCc1ncc(C(C)(C)C)o1)N1CCC(Oc2ccccc2)CC1.I. The van der Waals surface area contributed by atoms with Crippen LogP contribution >= 0.6 is 24.0 Å². The minimum Gasteiger partial charge on any atom is -0.490 e. The molecular formula is C21H31IN4O2. The standard InChI is InChI=1S/C21H30N4O2.HI/c1-21(2,3)18-14-23-19(27-18)15-24-20(22-4)25-12-10-17(11-13-25)26-16-8-6-5-7-9-16;/h5-9,14,17H,10-13,15H2,1-4H3,(H,22,24);1H. The van der Waals surface area contributed by atoms with Gasteiger partial charge in [-0.25, -0.2) is 4.98 Å². The second-order valence-corrected chi connectivity index (χ2v) is 7.89. The van der Waals surface area contributed by atoms with Crippen molar-refractivity contribution in [1.82, 2.24) is 15.2 Å². The Hall–Kier alpha value is -1.77. The summed E-state index contributed by atoms with van der Waals surface area (Å²) in [4.78, 5) is 11.0. The van der Waals surface area contributed by atoms with Crippen molar-refractivity contribution >= 4 is 29.9 Å². The number of aromatic nitrogens is 1. The second-order valence-electron chi connectivity index (χ2n) is 7.89. The third-order valence-electron chi connectivity index (χ3n) is 4.69. The molecule has 1 aromatic heterocycles. The maximum atomic E-state index is 6.07. The van der Waals surface area contributed by atoms with E-state index in [0.717, 1.165) is 43.4 Å². The van der Waals surface area contributed by atoms with Gasteiger partial charge in [0.05, 0.1) is 12.7 Å². The summed E-state index contributed by atoms with van der Waals surface area (Å²) in [7, 11) is 1.81. The van der Waals surface area contributed by atoms with Crippen LogP contribution in [0.15, 0.2) is 45.9 Å². The van der Waals surface area contributed by atoms with Crippen LogP contribution in [-0.2, 0) is 12.0 Å². The first-order chi connectivity index (χ1) is 13.0. The predicted octanol–water partition coefficient (Wildman–Crippen LogP) is 4.21. The highest BCUT2D eigenvalue weighted by Gasteiger charge is 2.23. The Balaban J connectivity index is 0.00000280. The predicted molar refractivity (Wildman–Crippen MR) is 122 cm³/mol. The highest BCUT2D eigenvalue weighted by atomic mass is 127. The molecule has 1 saturated heterocycles. The number of para-hydroxylation sites is 1. The number of ether oxygens (including phenoxy) is 1. The molecule has 0 spiro atoms. The van der Waals surface area contributed by atoms with E-state index in [-0.39, 0.29) is 35.5 Å². The molecule has 3 rings (SSSR count). The average Bonchev–Trinajstić information content (AvgIpc) is 3.14. The van der Waals surface area contributed by atoms with E-state index in [1.807, 2.05) is 43.6 Å². The maximum Gasteiger partial charge on any atom is 0.213 e. The van der Waals surface area contributed by atoms with Crippen LogP contribution in [0.2, 0.25) is 0 Å². The number of oxazole rings is 1. The van der Waals surface area contributed by atoms with Crippen molar-refractivity contribution in [3.63, 3.8) is 0 Å². The minimum atomic E-state index is -0.0342. The number of piperidine rings is 1. The zero-order valence-corrected chi connectivity index (χ0v) is 19.5. The van der Waals surface area contributed by atoms with E-state index in [0.29, 0.717) is 12.4 Å². The summed E-state index contributed by atoms with van der Waals surface area (Å²) in [5.74, 6) is 3.40. The summed E-state index contributed by atoms with van der Waals surface area (Å²) in [5, 5.41) is 3.36. The first-order valence-corrected chi connectivity index (χ1v) is 9.58. The lowest BCUT2D eigenvalue weighted by molar-refractivity contribution is 0.129. The average molecular weight is 498 g/mol. The van der Waals surface area contributed by atoms with Crippen LogP contribution in [-0.4, -0.2) is 42.1 Å². The molecular weight excluding hydrogens is 467 g/mol. The summed E-state index contributed by atoms with van der Waals surface area (Å²) in [5.41, 5.74) is -0.0342. The van der Waals surface area contributed by atoms with Gasteiger partial charge in [0.25, 0.3) is 0 Å². The van der Waals surface area contributed by atoms with E-state index >= 15 is 0 Å². The monoisotopic (exact) mass is 498 g/mol. The summed E-state index contributed by atoms with van der Waals surface area (Å²) >= 11 is 0. The molecule has 1 fully saturated rings. The summed E-state index contributed by atoms with van der Waals surface area (Å²) in [6.07, 6.45) is 4.01. The van der Waals surface area contributed by atoms with E-state index < -0.39 is 0 Å². The normalized spacial score (nSPS) is 15.9. The van der Waals surface area contributed by atoms with Gasteiger partial charge >= 0.3 is 0 Å². The molecule has 2 aromatic rings. The van der Waals surface area contributed by atoms with Crippen molar-refractivity contribution in [2.45, 2.75) is 51.7 Å². The fourth-order valence-electron chi connectivity index (χ4n) is 3.10. The highest BCUT2D eigenvalue weighted by Crippen LogP contribution is 2.23. The zero-order valence-electron chi connectivity index (χ0n) is 17.1. The number of rotatable bonds is 4. The molecule has 154 valence electrons. The van der Waals surface area contributed by atoms with E-state index in [2.05, 4.69) is 41.0 Å². The van der Waals surface area contributed by atoms with Crippen LogP contribution in [0.5, 0.6) is 5.75 Å². The molecule has 1 N–H and O–H groups in total. The van der Waals surface area contributed by atoms with E-state index in [9.17, 15) is 0 Å². The molecule has 2 heterocycles. The van der Waals surface area contributed by atoms with Crippen molar-refractivity contribution < 1.29 is 9.15 Å². The quantitative estimate of drug-likeness (QED) is 0.389. The smallest absolute Gasteiger partial charge is 0.213 e.